The summed E-state index contributed by atoms with van der Waals surface area (Å²) in [6.07, 6.45) is -2.55. The van der Waals surface area contributed by atoms with Crippen molar-refractivity contribution in [2.75, 3.05) is 46.0 Å². The maximum Gasteiger partial charge on any atom is 0.297 e. The monoisotopic (exact) mass is 442 g/mol. The zero-order valence-corrected chi connectivity index (χ0v) is 17.9. The minimum atomic E-state index is -4.06. The second kappa shape index (κ2) is 9.58. The van der Waals surface area contributed by atoms with E-state index in [2.05, 4.69) is 10.2 Å². The van der Waals surface area contributed by atoms with E-state index in [1.807, 2.05) is 6.92 Å². The maximum absolute atomic E-state index is 12.7. The van der Waals surface area contributed by atoms with E-state index in [1.165, 1.54) is 12.1 Å². The smallest absolute Gasteiger partial charge is 0.297 e. The van der Waals surface area contributed by atoms with Gasteiger partial charge in [0.1, 0.15) is 12.2 Å². The van der Waals surface area contributed by atoms with E-state index in [9.17, 15) is 13.5 Å². The third-order valence-corrected chi connectivity index (χ3v) is 7.11. The summed E-state index contributed by atoms with van der Waals surface area (Å²) in [6.45, 7) is 7.15. The van der Waals surface area contributed by atoms with Gasteiger partial charge < -0.3 is 24.6 Å². The molecule has 3 heterocycles. The van der Waals surface area contributed by atoms with E-state index in [4.69, 9.17) is 18.4 Å². The zero-order chi connectivity index (χ0) is 21.1. The average Bonchev–Trinajstić information content (AvgIpc) is 3.18. The van der Waals surface area contributed by atoms with Gasteiger partial charge in [0.25, 0.3) is 10.1 Å². The van der Waals surface area contributed by atoms with Crippen LogP contribution in [0.15, 0.2) is 29.2 Å². The SMILES string of the molecule is Cc1ccc(S(=O)(=O)O[C@@H]2[C@@H]3OC[C@@H](O3)[C@@H](NCCCN3CCOCC3)[C@H]2O)cc1. The van der Waals surface area contributed by atoms with Crippen LogP contribution in [-0.4, -0.2) is 95.1 Å². The van der Waals surface area contributed by atoms with Crippen LogP contribution in [0.25, 0.3) is 0 Å². The molecule has 0 spiro atoms. The molecule has 0 unspecified atom stereocenters. The van der Waals surface area contributed by atoms with Crippen LogP contribution < -0.4 is 5.32 Å². The molecule has 0 aliphatic carbocycles. The summed E-state index contributed by atoms with van der Waals surface area (Å²) >= 11 is 0. The van der Waals surface area contributed by atoms with Crippen LogP contribution in [0.1, 0.15) is 12.0 Å². The lowest BCUT2D eigenvalue weighted by Crippen LogP contribution is -2.60. The van der Waals surface area contributed by atoms with Crippen LogP contribution in [-0.2, 0) is 28.5 Å². The molecule has 1 aromatic carbocycles. The number of nitrogens with zero attached hydrogens (tertiary/aromatic N) is 1. The molecule has 168 valence electrons. The van der Waals surface area contributed by atoms with Crippen molar-refractivity contribution in [1.82, 2.24) is 10.2 Å². The van der Waals surface area contributed by atoms with E-state index in [0.717, 1.165) is 44.8 Å². The number of hydrogen-bond donors (Lipinski definition) is 2. The standard InChI is InChI=1S/C20H30N2O7S/c1-14-3-5-15(6-4-14)30(24,25)29-19-18(23)17(16-13-27-20(19)28-16)21-7-2-8-22-9-11-26-12-10-22/h3-6,16-21,23H,2,7-13H2,1H3/t16-,17-,18-,19+,20-/m1/s1. The average molecular weight is 443 g/mol. The topological polar surface area (TPSA) is 107 Å². The van der Waals surface area contributed by atoms with Gasteiger partial charge in [0.15, 0.2) is 12.4 Å². The Morgan fingerprint density at radius 2 is 1.97 bits per heavy atom. The van der Waals surface area contributed by atoms with Crippen molar-refractivity contribution in [2.24, 2.45) is 0 Å². The molecule has 0 aromatic heterocycles. The highest BCUT2D eigenvalue weighted by Crippen LogP contribution is 2.32. The summed E-state index contributed by atoms with van der Waals surface area (Å²) < 4.78 is 47.5. The van der Waals surface area contributed by atoms with Gasteiger partial charge in [0.05, 0.1) is 30.8 Å². The van der Waals surface area contributed by atoms with Gasteiger partial charge in [-0.25, -0.2) is 0 Å². The zero-order valence-electron chi connectivity index (χ0n) is 17.1. The number of morpholine rings is 1. The molecule has 1 aromatic rings. The predicted octanol–water partition coefficient (Wildman–Crippen LogP) is -0.135. The number of fused-ring (bicyclic) bond motifs is 2. The van der Waals surface area contributed by atoms with Crippen molar-refractivity contribution < 1.29 is 31.9 Å². The fraction of sp³-hybridized carbons (Fsp3) is 0.700. The number of hydrogen-bond acceptors (Lipinski definition) is 9. The van der Waals surface area contributed by atoms with Crippen LogP contribution in [0.2, 0.25) is 0 Å². The van der Waals surface area contributed by atoms with Gasteiger partial charge in [-0.2, -0.15) is 8.42 Å². The second-order valence-electron chi connectivity index (χ2n) is 7.98. The molecule has 3 aliphatic rings. The molecule has 9 nitrogen and oxygen atoms in total. The Morgan fingerprint density at radius 1 is 1.23 bits per heavy atom. The second-order valence-corrected chi connectivity index (χ2v) is 9.55. The summed E-state index contributed by atoms with van der Waals surface area (Å²) in [5.41, 5.74) is 0.943. The lowest BCUT2D eigenvalue weighted by molar-refractivity contribution is -0.192. The van der Waals surface area contributed by atoms with E-state index in [1.54, 1.807) is 12.1 Å². The van der Waals surface area contributed by atoms with Crippen LogP contribution >= 0.6 is 0 Å². The van der Waals surface area contributed by atoms with Crippen LogP contribution in [0.4, 0.5) is 0 Å². The first kappa shape index (κ1) is 22.1. The maximum atomic E-state index is 12.7. The Labute approximate surface area is 177 Å². The van der Waals surface area contributed by atoms with Crippen LogP contribution in [0.5, 0.6) is 0 Å². The minimum Gasteiger partial charge on any atom is -0.388 e. The highest BCUT2D eigenvalue weighted by Gasteiger charge is 2.52. The van der Waals surface area contributed by atoms with Crippen LogP contribution in [0.3, 0.4) is 0 Å². The van der Waals surface area contributed by atoms with Crippen LogP contribution in [0, 0.1) is 6.92 Å². The molecule has 0 radical (unpaired) electrons. The highest BCUT2D eigenvalue weighted by atomic mass is 32.2. The first-order chi connectivity index (χ1) is 14.4. The molecule has 3 saturated heterocycles. The largest absolute Gasteiger partial charge is 0.388 e. The molecule has 2 N–H and O–H groups in total. The van der Waals surface area contributed by atoms with Gasteiger partial charge in [-0.15, -0.1) is 0 Å². The summed E-state index contributed by atoms with van der Waals surface area (Å²) in [6, 6.07) is 5.91. The summed E-state index contributed by atoms with van der Waals surface area (Å²) in [5.74, 6) is 0. The molecule has 0 amide bonds. The van der Waals surface area contributed by atoms with Crippen molar-refractivity contribution in [3.05, 3.63) is 29.8 Å². The third kappa shape index (κ3) is 5.03. The number of aliphatic hydroxyl groups is 1. The van der Waals surface area contributed by atoms with E-state index in [0.29, 0.717) is 6.54 Å². The van der Waals surface area contributed by atoms with Gasteiger partial charge >= 0.3 is 0 Å². The van der Waals surface area contributed by atoms with Gasteiger partial charge in [-0.3, -0.25) is 9.08 Å². The van der Waals surface area contributed by atoms with Gasteiger partial charge in [0.2, 0.25) is 0 Å². The van der Waals surface area contributed by atoms with Crippen molar-refractivity contribution in [1.29, 1.82) is 0 Å². The molecule has 5 atom stereocenters. The Balaban J connectivity index is 1.35. The van der Waals surface area contributed by atoms with Crippen molar-refractivity contribution in [3.8, 4) is 0 Å². The van der Waals surface area contributed by atoms with Gasteiger partial charge in [0, 0.05) is 13.1 Å². The fourth-order valence-corrected chi connectivity index (χ4v) is 5.12. The Morgan fingerprint density at radius 3 is 2.70 bits per heavy atom. The van der Waals surface area contributed by atoms with E-state index >= 15 is 0 Å². The first-order valence-electron chi connectivity index (χ1n) is 10.4. The molecule has 10 heteroatoms. The number of ether oxygens (including phenoxy) is 3. The predicted molar refractivity (Wildman–Crippen MR) is 108 cm³/mol. The Hall–Kier alpha value is -1.11. The summed E-state index contributed by atoms with van der Waals surface area (Å²) in [5, 5.41) is 14.2. The van der Waals surface area contributed by atoms with Crippen molar-refractivity contribution in [2.45, 2.75) is 48.9 Å². The van der Waals surface area contributed by atoms with Gasteiger partial charge in [-0.1, -0.05) is 17.7 Å². The molecule has 30 heavy (non-hydrogen) atoms. The number of rotatable bonds is 8. The number of aryl methyl sites for hydroxylation is 1. The first-order valence-corrected chi connectivity index (χ1v) is 11.8. The minimum absolute atomic E-state index is 0.0374. The molecule has 3 fully saturated rings. The summed E-state index contributed by atoms with van der Waals surface area (Å²) in [7, 11) is -4.06. The Bertz CT molecular complexity index is 798. The highest BCUT2D eigenvalue weighted by molar-refractivity contribution is 7.86. The van der Waals surface area contributed by atoms with E-state index < -0.39 is 34.7 Å². The third-order valence-electron chi connectivity index (χ3n) is 5.79. The number of aliphatic hydroxyl groups excluding tert-OH is 1. The van der Waals surface area contributed by atoms with Crippen molar-refractivity contribution in [3.63, 3.8) is 0 Å². The fourth-order valence-electron chi connectivity index (χ4n) is 4.04. The molecule has 3 aliphatic heterocycles. The molecule has 2 bridgehead atoms. The molecular weight excluding hydrogens is 412 g/mol. The Kier molecular flexibility index (Phi) is 7.05. The van der Waals surface area contributed by atoms with Crippen molar-refractivity contribution >= 4 is 10.1 Å². The lowest BCUT2D eigenvalue weighted by atomic mass is 9.98. The molecule has 0 saturated carbocycles. The van der Waals surface area contributed by atoms with Gasteiger partial charge in [-0.05, 0) is 38.6 Å². The quantitative estimate of drug-likeness (QED) is 0.420. The number of nitrogens with one attached hydrogen (secondary N) is 1. The number of benzene rings is 1. The molecular formula is C20H30N2O7S. The lowest BCUT2D eigenvalue weighted by Gasteiger charge is -2.38. The summed E-state index contributed by atoms with van der Waals surface area (Å²) in [4.78, 5) is 2.38. The normalized spacial score (nSPS) is 32.4. The van der Waals surface area contributed by atoms with E-state index in [-0.39, 0.29) is 17.6 Å². The molecule has 4 rings (SSSR count).